The molecule has 0 aliphatic carbocycles. The van der Waals surface area contributed by atoms with Crippen molar-refractivity contribution in [3.8, 4) is 5.75 Å². The number of amides is 2. The van der Waals surface area contributed by atoms with Crippen LogP contribution >= 0.6 is 0 Å². The first kappa shape index (κ1) is 17.0. The molecule has 5 N–H and O–H groups in total. The van der Waals surface area contributed by atoms with Gasteiger partial charge in [-0.1, -0.05) is 26.0 Å². The fourth-order valence-electron chi connectivity index (χ4n) is 2.07. The molecular weight excluding hydrogens is 270 g/mol. The van der Waals surface area contributed by atoms with Crippen molar-refractivity contribution in [2.24, 2.45) is 17.4 Å². The Kier molecular flexibility index (Phi) is 6.17. The summed E-state index contributed by atoms with van der Waals surface area (Å²) in [6, 6.07) is 5.77. The summed E-state index contributed by atoms with van der Waals surface area (Å²) in [5.74, 6) is -0.473. The van der Waals surface area contributed by atoms with E-state index in [1.807, 2.05) is 13.8 Å². The highest BCUT2D eigenvalue weighted by molar-refractivity contribution is 5.87. The normalized spacial score (nSPS) is 12.2. The second kappa shape index (κ2) is 7.64. The lowest BCUT2D eigenvalue weighted by Gasteiger charge is -2.26. The third kappa shape index (κ3) is 5.83. The Hall–Kier alpha value is -2.08. The van der Waals surface area contributed by atoms with Crippen LogP contribution in [0.4, 0.5) is 0 Å². The lowest BCUT2D eigenvalue weighted by molar-refractivity contribution is -0.136. The van der Waals surface area contributed by atoms with Crippen LogP contribution in [0.3, 0.4) is 0 Å². The quantitative estimate of drug-likeness (QED) is 0.668. The topological polar surface area (TPSA) is 110 Å². The van der Waals surface area contributed by atoms with E-state index in [9.17, 15) is 14.7 Å². The SMILES string of the molecule is CC(C)CN(CC(N)=O)C(=O)C(N)Cc1ccc(O)cc1. The summed E-state index contributed by atoms with van der Waals surface area (Å²) in [4.78, 5) is 24.8. The van der Waals surface area contributed by atoms with E-state index >= 15 is 0 Å². The van der Waals surface area contributed by atoms with Gasteiger partial charge in [-0.15, -0.1) is 0 Å². The highest BCUT2D eigenvalue weighted by atomic mass is 16.3. The highest BCUT2D eigenvalue weighted by Gasteiger charge is 2.23. The van der Waals surface area contributed by atoms with E-state index in [2.05, 4.69) is 0 Å². The van der Waals surface area contributed by atoms with Crippen LogP contribution < -0.4 is 11.5 Å². The molecule has 1 aromatic rings. The maximum atomic E-state index is 12.3. The predicted octanol–water partition coefficient (Wildman–Crippen LogP) is 0.232. The molecule has 1 atom stereocenters. The molecule has 0 bridgehead atoms. The molecule has 0 spiro atoms. The molecule has 6 nitrogen and oxygen atoms in total. The van der Waals surface area contributed by atoms with Gasteiger partial charge in [0.15, 0.2) is 0 Å². The molecule has 1 unspecified atom stereocenters. The Balaban J connectivity index is 2.72. The number of aromatic hydroxyl groups is 1. The van der Waals surface area contributed by atoms with Crippen molar-refractivity contribution in [2.45, 2.75) is 26.3 Å². The fourth-order valence-corrected chi connectivity index (χ4v) is 2.07. The summed E-state index contributed by atoms with van der Waals surface area (Å²) in [6.07, 6.45) is 0.340. The van der Waals surface area contributed by atoms with Crippen LogP contribution in [0.15, 0.2) is 24.3 Å². The minimum absolute atomic E-state index is 0.125. The Morgan fingerprint density at radius 1 is 1.24 bits per heavy atom. The molecule has 0 aromatic heterocycles. The first-order chi connectivity index (χ1) is 9.79. The Morgan fingerprint density at radius 2 is 1.81 bits per heavy atom. The highest BCUT2D eigenvalue weighted by Crippen LogP contribution is 2.12. The smallest absolute Gasteiger partial charge is 0.240 e. The molecule has 0 aliphatic rings. The van der Waals surface area contributed by atoms with E-state index in [-0.39, 0.29) is 24.1 Å². The lowest BCUT2D eigenvalue weighted by atomic mass is 10.0. The zero-order valence-electron chi connectivity index (χ0n) is 12.5. The molecule has 116 valence electrons. The molecule has 1 aromatic carbocycles. The molecule has 0 heterocycles. The number of carbonyl (C=O) groups excluding carboxylic acids is 2. The number of nitrogens with zero attached hydrogens (tertiary/aromatic N) is 1. The molecule has 2 amide bonds. The van der Waals surface area contributed by atoms with E-state index in [0.29, 0.717) is 13.0 Å². The van der Waals surface area contributed by atoms with Crippen LogP contribution in [-0.4, -0.2) is 41.0 Å². The van der Waals surface area contributed by atoms with Gasteiger partial charge >= 0.3 is 0 Å². The van der Waals surface area contributed by atoms with Gasteiger partial charge in [0.05, 0.1) is 12.6 Å². The van der Waals surface area contributed by atoms with Gasteiger partial charge in [0.25, 0.3) is 0 Å². The van der Waals surface area contributed by atoms with Gasteiger partial charge in [0.2, 0.25) is 11.8 Å². The first-order valence-corrected chi connectivity index (χ1v) is 6.90. The van der Waals surface area contributed by atoms with Crippen molar-refractivity contribution in [3.63, 3.8) is 0 Å². The van der Waals surface area contributed by atoms with E-state index in [1.165, 1.54) is 4.90 Å². The van der Waals surface area contributed by atoms with Gasteiger partial charge in [-0.25, -0.2) is 0 Å². The second-order valence-corrected chi connectivity index (χ2v) is 5.56. The van der Waals surface area contributed by atoms with Crippen molar-refractivity contribution in [2.75, 3.05) is 13.1 Å². The fraction of sp³-hybridized carbons (Fsp3) is 0.467. The number of benzene rings is 1. The third-order valence-corrected chi connectivity index (χ3v) is 2.95. The lowest BCUT2D eigenvalue weighted by Crippen LogP contribution is -2.49. The molecule has 0 saturated heterocycles. The number of rotatable bonds is 7. The van der Waals surface area contributed by atoms with Crippen molar-refractivity contribution < 1.29 is 14.7 Å². The summed E-state index contributed by atoms with van der Waals surface area (Å²) in [5, 5.41) is 9.23. The summed E-state index contributed by atoms with van der Waals surface area (Å²) < 4.78 is 0. The number of hydrogen-bond acceptors (Lipinski definition) is 4. The summed E-state index contributed by atoms with van der Waals surface area (Å²) in [6.45, 7) is 4.21. The third-order valence-electron chi connectivity index (χ3n) is 2.95. The molecule has 6 heteroatoms. The predicted molar refractivity (Wildman–Crippen MR) is 80.4 cm³/mol. The average molecular weight is 293 g/mol. The minimum atomic E-state index is -0.743. The van der Waals surface area contributed by atoms with E-state index < -0.39 is 11.9 Å². The zero-order valence-corrected chi connectivity index (χ0v) is 12.5. The standard InChI is InChI=1S/C15H23N3O3/c1-10(2)8-18(9-14(17)20)15(21)13(16)7-11-3-5-12(19)6-4-11/h3-6,10,13,19H,7-9,16H2,1-2H3,(H2,17,20). The summed E-state index contributed by atoms with van der Waals surface area (Å²) >= 11 is 0. The molecule has 1 rings (SSSR count). The summed E-state index contributed by atoms with van der Waals surface area (Å²) in [7, 11) is 0. The van der Waals surface area contributed by atoms with Crippen LogP contribution in [0, 0.1) is 5.92 Å². The maximum absolute atomic E-state index is 12.3. The van der Waals surface area contributed by atoms with Crippen LogP contribution in [0.1, 0.15) is 19.4 Å². The molecule has 0 fully saturated rings. The van der Waals surface area contributed by atoms with Gasteiger partial charge in [0.1, 0.15) is 5.75 Å². The number of hydrogen-bond donors (Lipinski definition) is 3. The van der Waals surface area contributed by atoms with E-state index in [1.54, 1.807) is 24.3 Å². The Labute approximate surface area is 124 Å². The summed E-state index contributed by atoms with van der Waals surface area (Å²) in [5.41, 5.74) is 12.0. The van der Waals surface area contributed by atoms with Gasteiger partial charge in [-0.2, -0.15) is 0 Å². The van der Waals surface area contributed by atoms with Crippen LogP contribution in [0.5, 0.6) is 5.75 Å². The second-order valence-electron chi connectivity index (χ2n) is 5.56. The molecule has 0 saturated carbocycles. The Morgan fingerprint density at radius 3 is 2.29 bits per heavy atom. The number of phenolic OH excluding ortho intramolecular Hbond substituents is 1. The minimum Gasteiger partial charge on any atom is -0.508 e. The molecule has 0 aliphatic heterocycles. The molecule has 0 radical (unpaired) electrons. The van der Waals surface area contributed by atoms with Crippen molar-refractivity contribution in [3.05, 3.63) is 29.8 Å². The molecule has 21 heavy (non-hydrogen) atoms. The maximum Gasteiger partial charge on any atom is 0.240 e. The van der Waals surface area contributed by atoms with Crippen LogP contribution in [0.25, 0.3) is 0 Å². The number of primary amides is 1. The van der Waals surface area contributed by atoms with Crippen molar-refractivity contribution in [1.29, 1.82) is 0 Å². The zero-order chi connectivity index (χ0) is 16.0. The molecular formula is C15H23N3O3. The van der Waals surface area contributed by atoms with Crippen LogP contribution in [0.2, 0.25) is 0 Å². The van der Waals surface area contributed by atoms with Crippen LogP contribution in [-0.2, 0) is 16.0 Å². The van der Waals surface area contributed by atoms with Crippen molar-refractivity contribution >= 4 is 11.8 Å². The van der Waals surface area contributed by atoms with Gasteiger partial charge < -0.3 is 21.5 Å². The first-order valence-electron chi connectivity index (χ1n) is 6.90. The Bertz CT molecular complexity index is 485. The number of carbonyl (C=O) groups is 2. The average Bonchev–Trinajstić information content (AvgIpc) is 2.38. The number of nitrogens with two attached hydrogens (primary N) is 2. The number of phenols is 1. The van der Waals surface area contributed by atoms with Gasteiger partial charge in [-0.05, 0) is 30.0 Å². The van der Waals surface area contributed by atoms with Gasteiger partial charge in [0, 0.05) is 6.54 Å². The van der Waals surface area contributed by atoms with Crippen molar-refractivity contribution in [1.82, 2.24) is 4.90 Å². The van der Waals surface area contributed by atoms with Gasteiger partial charge in [-0.3, -0.25) is 9.59 Å². The largest absolute Gasteiger partial charge is 0.508 e. The van der Waals surface area contributed by atoms with E-state index in [0.717, 1.165) is 5.56 Å². The van der Waals surface area contributed by atoms with E-state index in [4.69, 9.17) is 11.5 Å². The monoisotopic (exact) mass is 293 g/mol.